The summed E-state index contributed by atoms with van der Waals surface area (Å²) in [6, 6.07) is 15.0. The first-order valence-electron chi connectivity index (χ1n) is 9.45. The normalized spacial score (nSPS) is 15.2. The third kappa shape index (κ3) is 5.95. The van der Waals surface area contributed by atoms with E-state index in [4.69, 9.17) is 25.8 Å². The van der Waals surface area contributed by atoms with E-state index in [-0.39, 0.29) is 19.1 Å². The zero-order chi connectivity index (χ0) is 20.6. The molecule has 7 heteroatoms. The number of ether oxygens (including phenoxy) is 3. The first-order valence-corrected chi connectivity index (χ1v) is 9.83. The van der Waals surface area contributed by atoms with Crippen LogP contribution in [-0.2, 0) is 32.0 Å². The highest BCUT2D eigenvalue weighted by Gasteiger charge is 2.28. The highest BCUT2D eigenvalue weighted by Crippen LogP contribution is 2.30. The highest BCUT2D eigenvalue weighted by molar-refractivity contribution is 6.30. The lowest BCUT2D eigenvalue weighted by Gasteiger charge is -2.25. The van der Waals surface area contributed by atoms with E-state index in [0.717, 1.165) is 16.9 Å². The van der Waals surface area contributed by atoms with Gasteiger partial charge in [-0.25, -0.2) is 0 Å². The van der Waals surface area contributed by atoms with Crippen LogP contribution in [-0.4, -0.2) is 50.3 Å². The minimum Gasteiger partial charge on any atom is -0.492 e. The van der Waals surface area contributed by atoms with Gasteiger partial charge in [-0.15, -0.1) is 0 Å². The van der Waals surface area contributed by atoms with Crippen molar-refractivity contribution >= 4 is 23.5 Å². The van der Waals surface area contributed by atoms with Gasteiger partial charge in [0.05, 0.1) is 12.5 Å². The molecule has 0 N–H and O–H groups in total. The lowest BCUT2D eigenvalue weighted by Crippen LogP contribution is -2.38. The fourth-order valence-corrected chi connectivity index (χ4v) is 3.35. The molecule has 1 heterocycles. The molecule has 1 atom stereocenters. The average Bonchev–Trinajstić information content (AvgIpc) is 2.74. The Morgan fingerprint density at radius 3 is 2.76 bits per heavy atom. The molecule has 0 spiro atoms. The number of halogens is 1. The molecule has 0 saturated heterocycles. The van der Waals surface area contributed by atoms with Gasteiger partial charge in [-0.2, -0.15) is 0 Å². The number of hydrogen-bond acceptors (Lipinski definition) is 5. The molecular weight excluding hydrogens is 394 g/mol. The third-order valence-electron chi connectivity index (χ3n) is 4.73. The van der Waals surface area contributed by atoms with Crippen LogP contribution in [0.25, 0.3) is 0 Å². The van der Waals surface area contributed by atoms with Gasteiger partial charge >= 0.3 is 5.97 Å². The number of benzene rings is 2. The summed E-state index contributed by atoms with van der Waals surface area (Å²) in [5.74, 6) is -0.451. The summed E-state index contributed by atoms with van der Waals surface area (Å²) in [6.07, 6.45) is 0.473. The van der Waals surface area contributed by atoms with Crippen molar-refractivity contribution in [1.82, 2.24) is 4.90 Å². The molecule has 2 aromatic rings. The summed E-state index contributed by atoms with van der Waals surface area (Å²) in [5, 5.41) is 0.589. The number of fused-ring (bicyclic) bond motifs is 1. The molecule has 1 aliphatic rings. The summed E-state index contributed by atoms with van der Waals surface area (Å²) in [4.78, 5) is 26.7. The molecule has 2 aromatic carbocycles. The van der Waals surface area contributed by atoms with Crippen LogP contribution < -0.4 is 4.74 Å². The largest absolute Gasteiger partial charge is 0.492 e. The summed E-state index contributed by atoms with van der Waals surface area (Å²) in [7, 11) is 1.58. The molecule has 0 radical (unpaired) electrons. The monoisotopic (exact) mass is 417 g/mol. The van der Waals surface area contributed by atoms with Gasteiger partial charge in [0, 0.05) is 25.2 Å². The zero-order valence-electron chi connectivity index (χ0n) is 16.3. The minimum atomic E-state index is -0.463. The van der Waals surface area contributed by atoms with Crippen molar-refractivity contribution in [1.29, 1.82) is 0 Å². The number of methoxy groups -OCH3 is 1. The SMILES string of the molecule is COCCN(Cc1ccccc1)C(=O)COC(=O)[C@@H]1COc2ccc(Cl)cc2C1. The molecule has 1 aliphatic heterocycles. The van der Waals surface area contributed by atoms with Gasteiger partial charge in [0.25, 0.3) is 5.91 Å². The fourth-order valence-electron chi connectivity index (χ4n) is 3.15. The second-order valence-electron chi connectivity index (χ2n) is 6.87. The summed E-state index contributed by atoms with van der Waals surface area (Å²) in [5.41, 5.74) is 1.86. The lowest BCUT2D eigenvalue weighted by molar-refractivity contribution is -0.157. The second-order valence-corrected chi connectivity index (χ2v) is 7.30. The average molecular weight is 418 g/mol. The van der Waals surface area contributed by atoms with Crippen molar-refractivity contribution in [2.75, 3.05) is 33.5 Å². The maximum absolute atomic E-state index is 12.6. The van der Waals surface area contributed by atoms with Crippen molar-refractivity contribution < 1.29 is 23.8 Å². The van der Waals surface area contributed by atoms with Crippen molar-refractivity contribution in [2.24, 2.45) is 5.92 Å². The number of carbonyl (C=O) groups is 2. The van der Waals surface area contributed by atoms with Gasteiger partial charge in [0.15, 0.2) is 6.61 Å². The highest BCUT2D eigenvalue weighted by atomic mass is 35.5. The quantitative estimate of drug-likeness (QED) is 0.617. The first-order chi connectivity index (χ1) is 14.1. The van der Waals surface area contributed by atoms with Gasteiger partial charge in [-0.05, 0) is 35.7 Å². The van der Waals surface area contributed by atoms with E-state index < -0.39 is 11.9 Å². The molecular formula is C22H24ClNO5. The van der Waals surface area contributed by atoms with Crippen LogP contribution >= 0.6 is 11.6 Å². The van der Waals surface area contributed by atoms with Crippen LogP contribution in [0.15, 0.2) is 48.5 Å². The van der Waals surface area contributed by atoms with Crippen molar-refractivity contribution in [3.8, 4) is 5.75 Å². The topological polar surface area (TPSA) is 65.1 Å². The van der Waals surface area contributed by atoms with Crippen molar-refractivity contribution in [3.05, 3.63) is 64.7 Å². The number of hydrogen-bond donors (Lipinski definition) is 0. The van der Waals surface area contributed by atoms with E-state index in [9.17, 15) is 9.59 Å². The molecule has 0 fully saturated rings. The molecule has 3 rings (SSSR count). The molecule has 0 unspecified atom stereocenters. The Labute approximate surface area is 175 Å². The number of rotatable bonds is 8. The van der Waals surface area contributed by atoms with E-state index in [1.807, 2.05) is 30.3 Å². The number of carbonyl (C=O) groups excluding carboxylic acids is 2. The Balaban J connectivity index is 1.55. The standard InChI is InChI=1S/C22H24ClNO5/c1-27-10-9-24(13-16-5-3-2-4-6-16)21(25)15-29-22(26)18-11-17-12-19(23)7-8-20(17)28-14-18/h2-8,12,18H,9-11,13-15H2,1H3/t18-/m0/s1. The van der Waals surface area contributed by atoms with Gasteiger partial charge in [-0.1, -0.05) is 41.9 Å². The number of esters is 1. The maximum Gasteiger partial charge on any atom is 0.313 e. The van der Waals surface area contributed by atoms with E-state index in [1.54, 1.807) is 30.2 Å². The molecule has 0 aliphatic carbocycles. The summed E-state index contributed by atoms with van der Waals surface area (Å²) in [6.45, 7) is 1.16. The number of nitrogens with zero attached hydrogens (tertiary/aromatic N) is 1. The fraction of sp³-hybridized carbons (Fsp3) is 0.364. The second kappa shape index (κ2) is 10.3. The Morgan fingerprint density at radius 1 is 1.21 bits per heavy atom. The summed E-state index contributed by atoms with van der Waals surface area (Å²) < 4.78 is 16.0. The number of amides is 1. The molecule has 0 aromatic heterocycles. The van der Waals surface area contributed by atoms with Gasteiger partial charge < -0.3 is 19.1 Å². The Bertz CT molecular complexity index is 842. The van der Waals surface area contributed by atoms with Crippen LogP contribution in [0.1, 0.15) is 11.1 Å². The molecule has 29 heavy (non-hydrogen) atoms. The Morgan fingerprint density at radius 2 is 2.00 bits per heavy atom. The van der Waals surface area contributed by atoms with Crippen molar-refractivity contribution in [3.63, 3.8) is 0 Å². The summed E-state index contributed by atoms with van der Waals surface area (Å²) >= 11 is 6.02. The Kier molecular flexibility index (Phi) is 7.49. The smallest absolute Gasteiger partial charge is 0.313 e. The molecule has 6 nitrogen and oxygen atoms in total. The maximum atomic E-state index is 12.6. The lowest BCUT2D eigenvalue weighted by atomic mass is 9.97. The predicted octanol–water partition coefficient (Wildman–Crippen LogP) is 3.11. The predicted molar refractivity (Wildman–Crippen MR) is 109 cm³/mol. The van der Waals surface area contributed by atoms with Gasteiger partial charge in [-0.3, -0.25) is 9.59 Å². The van der Waals surface area contributed by atoms with Crippen LogP contribution in [0.5, 0.6) is 5.75 Å². The van der Waals surface area contributed by atoms with Crippen LogP contribution in [0.2, 0.25) is 5.02 Å². The molecule has 0 saturated carbocycles. The molecule has 1 amide bonds. The van der Waals surface area contributed by atoms with Crippen molar-refractivity contribution in [2.45, 2.75) is 13.0 Å². The van der Waals surface area contributed by atoms with Crippen LogP contribution in [0.4, 0.5) is 0 Å². The third-order valence-corrected chi connectivity index (χ3v) is 4.97. The van der Waals surface area contributed by atoms with E-state index in [2.05, 4.69) is 0 Å². The molecule has 154 valence electrons. The van der Waals surface area contributed by atoms with E-state index >= 15 is 0 Å². The van der Waals surface area contributed by atoms with Crippen LogP contribution in [0, 0.1) is 5.92 Å². The first kappa shape index (κ1) is 21.1. The minimum absolute atomic E-state index is 0.221. The van der Waals surface area contributed by atoms with Gasteiger partial charge in [0.2, 0.25) is 0 Å². The van der Waals surface area contributed by atoms with E-state index in [1.165, 1.54) is 0 Å². The van der Waals surface area contributed by atoms with Gasteiger partial charge in [0.1, 0.15) is 12.4 Å². The van der Waals surface area contributed by atoms with E-state index in [0.29, 0.717) is 31.1 Å². The van der Waals surface area contributed by atoms with Crippen LogP contribution in [0.3, 0.4) is 0 Å². The zero-order valence-corrected chi connectivity index (χ0v) is 17.1. The molecule has 0 bridgehead atoms. The Hall–Kier alpha value is -2.57.